The van der Waals surface area contributed by atoms with Crippen molar-refractivity contribution in [2.75, 3.05) is 18.1 Å². The van der Waals surface area contributed by atoms with Crippen molar-refractivity contribution in [3.63, 3.8) is 0 Å². The maximum absolute atomic E-state index is 13.4. The van der Waals surface area contributed by atoms with Crippen LogP contribution < -0.4 is 9.64 Å². The minimum absolute atomic E-state index is 0.291. The minimum atomic E-state index is -0.978. The second kappa shape index (κ2) is 7.72. The van der Waals surface area contributed by atoms with Crippen molar-refractivity contribution < 1.29 is 18.3 Å². The molecular formula is C18H19F2NO2. The summed E-state index contributed by atoms with van der Waals surface area (Å²) >= 11 is 0. The molecule has 0 fully saturated rings. The van der Waals surface area contributed by atoms with Crippen LogP contribution in [-0.2, 0) is 0 Å². The number of hydrogen-bond donors (Lipinski definition) is 0. The zero-order chi connectivity index (χ0) is 16.8. The first-order valence-corrected chi connectivity index (χ1v) is 7.56. The molecule has 2 aromatic rings. The van der Waals surface area contributed by atoms with E-state index in [0.717, 1.165) is 18.6 Å². The van der Waals surface area contributed by atoms with E-state index in [1.54, 1.807) is 31.2 Å². The lowest BCUT2D eigenvalue weighted by Crippen LogP contribution is -2.30. The van der Waals surface area contributed by atoms with Crippen molar-refractivity contribution in [3.8, 4) is 5.75 Å². The molecule has 2 aromatic carbocycles. The third kappa shape index (κ3) is 4.06. The summed E-state index contributed by atoms with van der Waals surface area (Å²) in [5, 5.41) is 0. The number of hydrogen-bond acceptors (Lipinski definition) is 2. The Bertz CT molecular complexity index is 688. The standard InChI is InChI=1S/C18H19F2NO2/c1-3-10-23-15-7-5-6-13(11-15)18(22)21(4-2)14-8-9-16(19)17(20)12-14/h5-9,11-12H,3-4,10H2,1-2H3. The van der Waals surface area contributed by atoms with E-state index in [1.807, 2.05) is 6.92 Å². The average Bonchev–Trinajstić information content (AvgIpc) is 2.57. The topological polar surface area (TPSA) is 29.5 Å². The van der Waals surface area contributed by atoms with Crippen molar-refractivity contribution in [3.05, 3.63) is 59.7 Å². The van der Waals surface area contributed by atoms with E-state index >= 15 is 0 Å². The molecule has 0 saturated carbocycles. The lowest BCUT2D eigenvalue weighted by molar-refractivity contribution is 0.0988. The van der Waals surface area contributed by atoms with Gasteiger partial charge in [-0.3, -0.25) is 4.79 Å². The van der Waals surface area contributed by atoms with Gasteiger partial charge in [0.25, 0.3) is 5.91 Å². The number of amides is 1. The number of benzene rings is 2. The van der Waals surface area contributed by atoms with E-state index in [4.69, 9.17) is 4.74 Å². The lowest BCUT2D eigenvalue weighted by Gasteiger charge is -2.21. The van der Waals surface area contributed by atoms with E-state index in [1.165, 1.54) is 11.0 Å². The first kappa shape index (κ1) is 16.9. The number of rotatable bonds is 6. The molecule has 0 atom stereocenters. The smallest absolute Gasteiger partial charge is 0.258 e. The quantitative estimate of drug-likeness (QED) is 0.789. The Morgan fingerprint density at radius 1 is 1.09 bits per heavy atom. The van der Waals surface area contributed by atoms with E-state index in [9.17, 15) is 13.6 Å². The monoisotopic (exact) mass is 319 g/mol. The number of carbonyl (C=O) groups is 1. The van der Waals surface area contributed by atoms with Gasteiger partial charge >= 0.3 is 0 Å². The largest absolute Gasteiger partial charge is 0.494 e. The second-order valence-electron chi connectivity index (χ2n) is 5.02. The fraction of sp³-hybridized carbons (Fsp3) is 0.278. The molecule has 0 aliphatic carbocycles. The molecule has 23 heavy (non-hydrogen) atoms. The Balaban J connectivity index is 2.27. The Labute approximate surface area is 134 Å². The molecule has 2 rings (SSSR count). The molecule has 0 heterocycles. The van der Waals surface area contributed by atoms with Gasteiger partial charge in [-0.2, -0.15) is 0 Å². The van der Waals surface area contributed by atoms with Gasteiger partial charge in [-0.25, -0.2) is 8.78 Å². The molecule has 5 heteroatoms. The molecule has 0 saturated heterocycles. The van der Waals surface area contributed by atoms with Crippen molar-refractivity contribution >= 4 is 11.6 Å². The van der Waals surface area contributed by atoms with Gasteiger partial charge < -0.3 is 9.64 Å². The van der Waals surface area contributed by atoms with Crippen LogP contribution in [0, 0.1) is 11.6 Å². The molecule has 0 bridgehead atoms. The fourth-order valence-corrected chi connectivity index (χ4v) is 2.19. The third-order valence-electron chi connectivity index (χ3n) is 3.33. The van der Waals surface area contributed by atoms with Crippen LogP contribution in [-0.4, -0.2) is 19.1 Å². The van der Waals surface area contributed by atoms with Crippen LogP contribution in [0.5, 0.6) is 5.75 Å². The highest BCUT2D eigenvalue weighted by Crippen LogP contribution is 2.22. The van der Waals surface area contributed by atoms with Gasteiger partial charge in [0.2, 0.25) is 0 Å². The summed E-state index contributed by atoms with van der Waals surface area (Å²) in [6.45, 7) is 4.68. The molecule has 0 spiro atoms. The first-order valence-electron chi connectivity index (χ1n) is 7.56. The Hall–Kier alpha value is -2.43. The van der Waals surface area contributed by atoms with Crippen LogP contribution in [0.4, 0.5) is 14.5 Å². The number of carbonyl (C=O) groups excluding carboxylic acids is 1. The van der Waals surface area contributed by atoms with E-state index in [2.05, 4.69) is 0 Å². The minimum Gasteiger partial charge on any atom is -0.494 e. The molecule has 0 radical (unpaired) electrons. The number of anilines is 1. The van der Waals surface area contributed by atoms with Gasteiger partial charge in [0.15, 0.2) is 11.6 Å². The van der Waals surface area contributed by atoms with Crippen LogP contribution in [0.1, 0.15) is 30.6 Å². The number of nitrogens with zero attached hydrogens (tertiary/aromatic N) is 1. The Morgan fingerprint density at radius 2 is 1.87 bits per heavy atom. The van der Waals surface area contributed by atoms with Crippen LogP contribution in [0.3, 0.4) is 0 Å². The molecular weight excluding hydrogens is 300 g/mol. The molecule has 0 aliphatic heterocycles. The highest BCUT2D eigenvalue weighted by molar-refractivity contribution is 6.06. The number of halogens is 2. The van der Waals surface area contributed by atoms with E-state index < -0.39 is 11.6 Å². The lowest BCUT2D eigenvalue weighted by atomic mass is 10.1. The van der Waals surface area contributed by atoms with Gasteiger partial charge in [-0.1, -0.05) is 13.0 Å². The Morgan fingerprint density at radius 3 is 2.52 bits per heavy atom. The van der Waals surface area contributed by atoms with E-state index in [0.29, 0.717) is 30.2 Å². The molecule has 122 valence electrons. The van der Waals surface area contributed by atoms with E-state index in [-0.39, 0.29) is 5.91 Å². The van der Waals surface area contributed by atoms with Gasteiger partial charge in [-0.15, -0.1) is 0 Å². The summed E-state index contributed by atoms with van der Waals surface area (Å²) in [6, 6.07) is 10.3. The summed E-state index contributed by atoms with van der Waals surface area (Å²) in [4.78, 5) is 14.0. The van der Waals surface area contributed by atoms with Gasteiger partial charge in [-0.05, 0) is 43.7 Å². The molecule has 0 aromatic heterocycles. The van der Waals surface area contributed by atoms with Crippen LogP contribution in [0.15, 0.2) is 42.5 Å². The van der Waals surface area contributed by atoms with Gasteiger partial charge in [0.1, 0.15) is 5.75 Å². The van der Waals surface area contributed by atoms with Gasteiger partial charge in [0.05, 0.1) is 6.61 Å². The van der Waals surface area contributed by atoms with Crippen molar-refractivity contribution in [2.24, 2.45) is 0 Å². The highest BCUT2D eigenvalue weighted by Gasteiger charge is 2.18. The molecule has 0 N–H and O–H groups in total. The zero-order valence-electron chi connectivity index (χ0n) is 13.2. The van der Waals surface area contributed by atoms with Crippen LogP contribution in [0.25, 0.3) is 0 Å². The summed E-state index contributed by atoms with van der Waals surface area (Å²) in [6.07, 6.45) is 0.869. The average molecular weight is 319 g/mol. The molecule has 1 amide bonds. The highest BCUT2D eigenvalue weighted by atomic mass is 19.2. The summed E-state index contributed by atoms with van der Waals surface area (Å²) in [5.74, 6) is -1.60. The van der Waals surface area contributed by atoms with Crippen LogP contribution >= 0.6 is 0 Å². The van der Waals surface area contributed by atoms with Crippen molar-refractivity contribution in [2.45, 2.75) is 20.3 Å². The third-order valence-corrected chi connectivity index (χ3v) is 3.33. The SMILES string of the molecule is CCCOc1cccc(C(=O)N(CC)c2ccc(F)c(F)c2)c1. The Kier molecular flexibility index (Phi) is 5.68. The second-order valence-corrected chi connectivity index (χ2v) is 5.02. The summed E-state index contributed by atoms with van der Waals surface area (Å²) in [7, 11) is 0. The predicted molar refractivity (Wildman–Crippen MR) is 85.9 cm³/mol. The first-order chi connectivity index (χ1) is 11.1. The number of ether oxygens (including phenoxy) is 1. The maximum atomic E-state index is 13.4. The van der Waals surface area contributed by atoms with Crippen LogP contribution in [0.2, 0.25) is 0 Å². The zero-order valence-corrected chi connectivity index (χ0v) is 13.2. The molecule has 0 unspecified atom stereocenters. The summed E-state index contributed by atoms with van der Waals surface area (Å²) < 4.78 is 32.0. The van der Waals surface area contributed by atoms with Crippen molar-refractivity contribution in [1.82, 2.24) is 0 Å². The molecule has 3 nitrogen and oxygen atoms in total. The van der Waals surface area contributed by atoms with Crippen molar-refractivity contribution in [1.29, 1.82) is 0 Å². The van der Waals surface area contributed by atoms with Gasteiger partial charge in [0, 0.05) is 23.9 Å². The summed E-state index contributed by atoms with van der Waals surface area (Å²) in [5.41, 5.74) is 0.751. The maximum Gasteiger partial charge on any atom is 0.258 e. The predicted octanol–water partition coefficient (Wildman–Crippen LogP) is 4.42. The molecule has 0 aliphatic rings. The normalized spacial score (nSPS) is 10.4. The fourth-order valence-electron chi connectivity index (χ4n) is 2.19.